The maximum Gasteiger partial charge on any atom is 0.241 e. The van der Waals surface area contributed by atoms with Gasteiger partial charge in [0, 0.05) is 22.0 Å². The van der Waals surface area contributed by atoms with E-state index in [0.717, 1.165) is 11.1 Å². The Morgan fingerprint density at radius 1 is 0.576 bits per heavy atom. The van der Waals surface area contributed by atoms with Gasteiger partial charge in [-0.25, -0.2) is 27.1 Å². The average Bonchev–Trinajstić information content (AvgIpc) is 3.21. The van der Waals surface area contributed by atoms with Crippen LogP contribution in [0, 0.1) is 11.3 Å². The van der Waals surface area contributed by atoms with Crippen molar-refractivity contribution in [2.75, 3.05) is 10.6 Å². The first-order valence-electron chi connectivity index (χ1n) is 17.7. The highest BCUT2D eigenvalue weighted by Gasteiger charge is 2.19. The first kappa shape index (κ1) is 43.6. The summed E-state index contributed by atoms with van der Waals surface area (Å²) in [5.74, 6) is -0.485. The largest absolute Gasteiger partial charge is 0.487 e. The normalized spacial score (nSPS) is 10.9. The van der Waals surface area contributed by atoms with E-state index in [-0.39, 0.29) is 64.8 Å². The number of sulfonamides is 2. The molecular weight excluding hydrogens is 814 g/mol. The maximum absolute atomic E-state index is 12.3. The maximum atomic E-state index is 12.3. The summed E-state index contributed by atoms with van der Waals surface area (Å²) in [5.41, 5.74) is 3.98. The molecule has 6 N–H and O–H groups in total. The molecule has 16 heteroatoms. The quantitative estimate of drug-likeness (QED) is 0.0913. The van der Waals surface area contributed by atoms with E-state index in [1.807, 2.05) is 60.7 Å². The van der Waals surface area contributed by atoms with Crippen molar-refractivity contribution >= 4 is 54.8 Å². The highest BCUT2D eigenvalue weighted by molar-refractivity contribution is 7.89. The molecule has 0 aromatic heterocycles. The number of benzene rings is 6. The smallest absolute Gasteiger partial charge is 0.241 e. The monoisotopic (exact) mass is 851 g/mol. The molecule has 2 amide bonds. The Balaban J connectivity index is 0.000000225. The van der Waals surface area contributed by atoms with Gasteiger partial charge >= 0.3 is 0 Å². The Morgan fingerprint density at radius 2 is 1.03 bits per heavy atom. The molecule has 0 aliphatic carbocycles. The van der Waals surface area contributed by atoms with Gasteiger partial charge in [0.2, 0.25) is 31.9 Å². The van der Waals surface area contributed by atoms with E-state index in [0.29, 0.717) is 27.4 Å². The van der Waals surface area contributed by atoms with Gasteiger partial charge in [0.05, 0.1) is 24.5 Å². The van der Waals surface area contributed by atoms with Gasteiger partial charge in [-0.2, -0.15) is 5.26 Å². The van der Waals surface area contributed by atoms with Gasteiger partial charge in [0.15, 0.2) is 0 Å². The van der Waals surface area contributed by atoms with Crippen molar-refractivity contribution in [1.29, 1.82) is 5.26 Å². The number of carbonyl (C=O) groups is 2. The van der Waals surface area contributed by atoms with Gasteiger partial charge < -0.3 is 20.1 Å². The van der Waals surface area contributed by atoms with E-state index in [9.17, 15) is 31.7 Å². The number of anilines is 2. The molecule has 6 rings (SSSR count). The molecule has 0 bridgehead atoms. The van der Waals surface area contributed by atoms with Gasteiger partial charge in [-0.1, -0.05) is 109 Å². The molecular formula is C43H38ClN5O8S2. The summed E-state index contributed by atoms with van der Waals surface area (Å²) in [6.45, 7) is 0.174. The molecule has 0 aliphatic heterocycles. The highest BCUT2D eigenvalue weighted by Crippen LogP contribution is 2.29. The van der Waals surface area contributed by atoms with Crippen molar-refractivity contribution in [1.82, 2.24) is 0 Å². The van der Waals surface area contributed by atoms with Gasteiger partial charge in [-0.05, 0) is 65.2 Å². The number of nitrogens with zero attached hydrogens (tertiary/aromatic N) is 1. The van der Waals surface area contributed by atoms with Gasteiger partial charge in [-0.15, -0.1) is 0 Å². The standard InChI is InChI=1S/C22H18ClN3O4S.C21H20N2O4S/c23-19-8-4-3-5-15(19)11-22(27)26-18-9-10-20(21(12-18)31(25,28)29)30-14-17-7-2-1-6-16(17)13-24;22-28(25,26)20-14-18(23-21(24)13-16-7-3-1-4-8-16)11-12-19(20)27-15-17-9-5-2-6-10-17/h1-10,12H,11,14H2,(H,26,27)(H2,25,28,29);1-12,14H,13,15H2,(H,23,24)(H2,22,25,26). The molecule has 0 unspecified atom stereocenters. The third kappa shape index (κ3) is 13.3. The van der Waals surface area contributed by atoms with Crippen molar-refractivity contribution in [3.63, 3.8) is 0 Å². The number of nitrogens with two attached hydrogens (primary N) is 2. The fraction of sp³-hybridized carbons (Fsp3) is 0.0930. The molecule has 0 saturated heterocycles. The molecule has 0 spiro atoms. The SMILES string of the molecule is N#Cc1ccccc1COc1ccc(NC(=O)Cc2ccccc2Cl)cc1S(N)(=O)=O.NS(=O)(=O)c1cc(NC(=O)Cc2ccccc2)ccc1OCc1ccccc1. The van der Waals surface area contributed by atoms with Crippen LogP contribution in [0.2, 0.25) is 5.02 Å². The predicted octanol–water partition coefficient (Wildman–Crippen LogP) is 6.71. The average molecular weight is 852 g/mol. The van der Waals surface area contributed by atoms with Gasteiger partial charge in [0.25, 0.3) is 0 Å². The zero-order chi connectivity index (χ0) is 42.4. The van der Waals surface area contributed by atoms with Crippen LogP contribution in [-0.4, -0.2) is 28.6 Å². The fourth-order valence-corrected chi connectivity index (χ4v) is 7.11. The van der Waals surface area contributed by atoms with Crippen LogP contribution in [0.1, 0.15) is 27.8 Å². The summed E-state index contributed by atoms with van der Waals surface area (Å²) >= 11 is 6.07. The first-order valence-corrected chi connectivity index (χ1v) is 21.1. The number of amides is 2. The molecule has 0 fully saturated rings. The van der Waals surface area contributed by atoms with Crippen LogP contribution in [0.4, 0.5) is 11.4 Å². The molecule has 59 heavy (non-hydrogen) atoms. The summed E-state index contributed by atoms with van der Waals surface area (Å²) in [6, 6.07) is 42.9. The minimum atomic E-state index is -4.14. The molecule has 0 aliphatic rings. The molecule has 0 saturated carbocycles. The van der Waals surface area contributed by atoms with Crippen molar-refractivity contribution in [3.8, 4) is 17.6 Å². The van der Waals surface area contributed by atoms with Crippen molar-refractivity contribution in [2.45, 2.75) is 35.8 Å². The van der Waals surface area contributed by atoms with E-state index >= 15 is 0 Å². The second-order valence-electron chi connectivity index (χ2n) is 12.8. The number of carbonyl (C=O) groups excluding carboxylic acids is 2. The minimum Gasteiger partial charge on any atom is -0.487 e. The number of nitriles is 1. The van der Waals surface area contributed by atoms with Crippen LogP contribution in [0.5, 0.6) is 11.5 Å². The number of hydrogen-bond acceptors (Lipinski definition) is 9. The summed E-state index contributed by atoms with van der Waals surface area (Å²) in [5, 5.41) is 25.6. The lowest BCUT2D eigenvalue weighted by Gasteiger charge is -2.13. The Labute approximate surface area is 347 Å². The molecule has 6 aromatic rings. The third-order valence-electron chi connectivity index (χ3n) is 8.34. The predicted molar refractivity (Wildman–Crippen MR) is 224 cm³/mol. The number of nitrogens with one attached hydrogen (secondary N) is 2. The molecule has 6 aromatic carbocycles. The molecule has 0 heterocycles. The van der Waals surface area contributed by atoms with E-state index in [4.69, 9.17) is 31.4 Å². The Hall–Kier alpha value is -6.54. The lowest BCUT2D eigenvalue weighted by molar-refractivity contribution is -0.116. The number of rotatable bonds is 14. The summed E-state index contributed by atoms with van der Waals surface area (Å²) in [6.07, 6.45) is 0.200. The minimum absolute atomic E-state index is 0.0133. The van der Waals surface area contributed by atoms with Crippen molar-refractivity contribution in [3.05, 3.63) is 178 Å². The van der Waals surface area contributed by atoms with Crippen LogP contribution in [0.3, 0.4) is 0 Å². The van der Waals surface area contributed by atoms with E-state index in [1.54, 1.807) is 54.6 Å². The van der Waals surface area contributed by atoms with E-state index in [2.05, 4.69) is 16.7 Å². The second kappa shape index (κ2) is 20.2. The number of ether oxygens (including phenoxy) is 2. The van der Waals surface area contributed by atoms with Crippen LogP contribution in [0.15, 0.2) is 155 Å². The Morgan fingerprint density at radius 3 is 1.56 bits per heavy atom. The summed E-state index contributed by atoms with van der Waals surface area (Å²) < 4.78 is 59.4. The number of hydrogen-bond donors (Lipinski definition) is 4. The third-order valence-corrected chi connectivity index (χ3v) is 10.6. The topological polar surface area (TPSA) is 221 Å². The van der Waals surface area contributed by atoms with Crippen LogP contribution < -0.4 is 30.4 Å². The zero-order valence-corrected chi connectivity index (χ0v) is 33.6. The lowest BCUT2D eigenvalue weighted by atomic mass is 10.1. The van der Waals surface area contributed by atoms with E-state index in [1.165, 1.54) is 30.3 Å². The first-order chi connectivity index (χ1) is 28.2. The second-order valence-corrected chi connectivity index (χ2v) is 16.2. The van der Waals surface area contributed by atoms with Crippen molar-refractivity contribution in [2.24, 2.45) is 10.3 Å². The van der Waals surface area contributed by atoms with Gasteiger partial charge in [-0.3, -0.25) is 9.59 Å². The Kier molecular flexibility index (Phi) is 14.9. The highest BCUT2D eigenvalue weighted by atomic mass is 35.5. The van der Waals surface area contributed by atoms with Crippen LogP contribution >= 0.6 is 11.6 Å². The van der Waals surface area contributed by atoms with Crippen LogP contribution in [-0.2, 0) is 55.7 Å². The lowest BCUT2D eigenvalue weighted by Crippen LogP contribution is -2.17. The molecule has 302 valence electrons. The zero-order valence-electron chi connectivity index (χ0n) is 31.2. The number of halogens is 1. The summed E-state index contributed by atoms with van der Waals surface area (Å²) in [7, 11) is -8.17. The van der Waals surface area contributed by atoms with Crippen LogP contribution in [0.25, 0.3) is 0 Å². The van der Waals surface area contributed by atoms with Gasteiger partial charge in [0.1, 0.15) is 34.5 Å². The van der Waals surface area contributed by atoms with E-state index < -0.39 is 20.0 Å². The molecule has 13 nitrogen and oxygen atoms in total. The molecule has 0 radical (unpaired) electrons. The summed E-state index contributed by atoms with van der Waals surface area (Å²) in [4.78, 5) is 24.1. The molecule has 0 atom stereocenters. The number of primary sulfonamides is 2. The fourth-order valence-electron chi connectivity index (χ4n) is 5.51. The van der Waals surface area contributed by atoms with Crippen molar-refractivity contribution < 1.29 is 35.9 Å². The Bertz CT molecular complexity index is 2690.